The van der Waals surface area contributed by atoms with Gasteiger partial charge in [-0.05, 0) is 43.5 Å². The van der Waals surface area contributed by atoms with Crippen molar-refractivity contribution in [3.63, 3.8) is 0 Å². The van der Waals surface area contributed by atoms with Gasteiger partial charge < -0.3 is 14.8 Å². The van der Waals surface area contributed by atoms with Crippen LogP contribution in [-0.4, -0.2) is 32.4 Å². The summed E-state index contributed by atoms with van der Waals surface area (Å²) in [4.78, 5) is 0. The summed E-state index contributed by atoms with van der Waals surface area (Å²) < 4.78 is 11.2. The maximum absolute atomic E-state index is 5.92. The molecule has 3 nitrogen and oxygen atoms in total. The Bertz CT molecular complexity index is 344. The zero-order valence-corrected chi connectivity index (χ0v) is 11.9. The van der Waals surface area contributed by atoms with Crippen molar-refractivity contribution in [3.8, 4) is 0 Å². The molecule has 1 aliphatic rings. The summed E-state index contributed by atoms with van der Waals surface area (Å²) in [6.07, 6.45) is 3.53. The van der Waals surface area contributed by atoms with Crippen LogP contribution in [0.15, 0.2) is 24.3 Å². The van der Waals surface area contributed by atoms with Gasteiger partial charge in [0.15, 0.2) is 0 Å². The van der Waals surface area contributed by atoms with E-state index in [0.717, 1.165) is 52.2 Å². The minimum Gasteiger partial charge on any atom is -0.381 e. The van der Waals surface area contributed by atoms with Crippen molar-refractivity contribution >= 4 is 0 Å². The molecule has 106 valence electrons. The quantitative estimate of drug-likeness (QED) is 0.767. The first-order valence-electron chi connectivity index (χ1n) is 7.36. The lowest BCUT2D eigenvalue weighted by molar-refractivity contribution is -0.0390. The molecule has 0 unspecified atom stereocenters. The van der Waals surface area contributed by atoms with Gasteiger partial charge in [0.25, 0.3) is 0 Å². The Balaban J connectivity index is 1.71. The minimum absolute atomic E-state index is 0.377. The first-order chi connectivity index (χ1) is 9.38. The maximum atomic E-state index is 5.92. The van der Waals surface area contributed by atoms with E-state index in [2.05, 4.69) is 36.5 Å². The molecule has 0 bridgehead atoms. The van der Waals surface area contributed by atoms with Gasteiger partial charge in [-0.3, -0.25) is 0 Å². The average molecular weight is 263 g/mol. The van der Waals surface area contributed by atoms with Crippen LogP contribution >= 0.6 is 0 Å². The molecule has 2 rings (SSSR count). The number of likely N-dealkylation sites (N-methyl/N-ethyl adjacent to an activating group) is 1. The lowest BCUT2D eigenvalue weighted by Gasteiger charge is -2.22. The van der Waals surface area contributed by atoms with Crippen LogP contribution in [0.1, 0.15) is 30.9 Å². The molecule has 0 amide bonds. The Morgan fingerprint density at radius 1 is 1.16 bits per heavy atom. The summed E-state index contributed by atoms with van der Waals surface area (Å²) in [6.45, 7) is 6.63. The normalized spacial score (nSPS) is 16.7. The number of nitrogens with one attached hydrogen (secondary N) is 1. The van der Waals surface area contributed by atoms with E-state index < -0.39 is 0 Å². The van der Waals surface area contributed by atoms with Gasteiger partial charge >= 0.3 is 0 Å². The Kier molecular flexibility index (Phi) is 6.34. The van der Waals surface area contributed by atoms with Crippen molar-refractivity contribution in [3.05, 3.63) is 35.4 Å². The van der Waals surface area contributed by atoms with Crippen LogP contribution in [0, 0.1) is 0 Å². The third-order valence-corrected chi connectivity index (χ3v) is 3.52. The first kappa shape index (κ1) is 14.5. The van der Waals surface area contributed by atoms with Gasteiger partial charge in [0.1, 0.15) is 0 Å². The van der Waals surface area contributed by atoms with E-state index in [0.29, 0.717) is 6.10 Å². The third-order valence-electron chi connectivity index (χ3n) is 3.52. The highest BCUT2D eigenvalue weighted by Crippen LogP contribution is 2.14. The highest BCUT2D eigenvalue weighted by atomic mass is 16.5. The zero-order valence-electron chi connectivity index (χ0n) is 11.9. The fourth-order valence-electron chi connectivity index (χ4n) is 2.27. The molecule has 1 aliphatic heterocycles. The average Bonchev–Trinajstić information content (AvgIpc) is 2.48. The molecule has 0 atom stereocenters. The standard InChI is InChI=1S/C16H25NO2/c1-2-17-10-7-14-3-5-15(6-4-14)13-19-16-8-11-18-12-9-16/h3-6,16-17H,2,7-13H2,1H3. The van der Waals surface area contributed by atoms with E-state index in [1.54, 1.807) is 0 Å². The van der Waals surface area contributed by atoms with Crippen LogP contribution in [0.5, 0.6) is 0 Å². The fraction of sp³-hybridized carbons (Fsp3) is 0.625. The largest absolute Gasteiger partial charge is 0.381 e. The lowest BCUT2D eigenvalue weighted by Crippen LogP contribution is -2.23. The van der Waals surface area contributed by atoms with Crippen molar-refractivity contribution < 1.29 is 9.47 Å². The second-order valence-corrected chi connectivity index (χ2v) is 5.04. The Morgan fingerprint density at radius 2 is 1.84 bits per heavy atom. The Labute approximate surface area is 116 Å². The summed E-state index contributed by atoms with van der Waals surface area (Å²) in [5, 5.41) is 3.34. The van der Waals surface area contributed by atoms with Crippen LogP contribution in [0.2, 0.25) is 0 Å². The van der Waals surface area contributed by atoms with Crippen LogP contribution in [0.25, 0.3) is 0 Å². The molecule has 0 saturated carbocycles. The molecule has 0 radical (unpaired) electrons. The molecule has 0 aliphatic carbocycles. The van der Waals surface area contributed by atoms with Crippen LogP contribution in [-0.2, 0) is 22.5 Å². The SMILES string of the molecule is CCNCCc1ccc(COC2CCOCC2)cc1. The monoisotopic (exact) mass is 263 g/mol. The lowest BCUT2D eigenvalue weighted by atomic mass is 10.1. The second-order valence-electron chi connectivity index (χ2n) is 5.04. The molecular formula is C16H25NO2. The molecule has 1 N–H and O–H groups in total. The second kappa shape index (κ2) is 8.31. The molecule has 1 heterocycles. The van der Waals surface area contributed by atoms with Gasteiger partial charge in [-0.1, -0.05) is 31.2 Å². The number of benzene rings is 1. The summed E-state index contributed by atoms with van der Waals surface area (Å²) in [7, 11) is 0. The van der Waals surface area contributed by atoms with Gasteiger partial charge in [-0.15, -0.1) is 0 Å². The van der Waals surface area contributed by atoms with Gasteiger partial charge in [0.2, 0.25) is 0 Å². The van der Waals surface area contributed by atoms with Gasteiger partial charge in [0.05, 0.1) is 12.7 Å². The smallest absolute Gasteiger partial charge is 0.0720 e. The Morgan fingerprint density at radius 3 is 2.53 bits per heavy atom. The van der Waals surface area contributed by atoms with Crippen molar-refractivity contribution in [2.24, 2.45) is 0 Å². The van der Waals surface area contributed by atoms with E-state index in [1.165, 1.54) is 11.1 Å². The molecule has 0 spiro atoms. The fourth-order valence-corrected chi connectivity index (χ4v) is 2.27. The highest BCUT2D eigenvalue weighted by molar-refractivity contribution is 5.22. The van der Waals surface area contributed by atoms with Gasteiger partial charge in [-0.25, -0.2) is 0 Å². The van der Waals surface area contributed by atoms with E-state index >= 15 is 0 Å². The topological polar surface area (TPSA) is 30.5 Å². The van der Waals surface area contributed by atoms with Crippen LogP contribution < -0.4 is 5.32 Å². The van der Waals surface area contributed by atoms with Crippen LogP contribution in [0.4, 0.5) is 0 Å². The molecule has 0 aromatic heterocycles. The third kappa shape index (κ3) is 5.31. The number of hydrogen-bond donors (Lipinski definition) is 1. The molecule has 1 aromatic rings. The summed E-state index contributed by atoms with van der Waals surface area (Å²) >= 11 is 0. The molecular weight excluding hydrogens is 238 g/mol. The van der Waals surface area contributed by atoms with Crippen molar-refractivity contribution in [2.45, 2.75) is 38.9 Å². The van der Waals surface area contributed by atoms with Gasteiger partial charge in [0, 0.05) is 13.2 Å². The number of rotatable bonds is 7. The van der Waals surface area contributed by atoms with Crippen molar-refractivity contribution in [1.29, 1.82) is 0 Å². The van der Waals surface area contributed by atoms with Crippen LogP contribution in [0.3, 0.4) is 0 Å². The number of ether oxygens (including phenoxy) is 2. The Hall–Kier alpha value is -0.900. The van der Waals surface area contributed by atoms with E-state index in [-0.39, 0.29) is 0 Å². The molecule has 1 saturated heterocycles. The highest BCUT2D eigenvalue weighted by Gasteiger charge is 2.13. The number of hydrogen-bond acceptors (Lipinski definition) is 3. The predicted octanol–water partition coefficient (Wildman–Crippen LogP) is 2.53. The molecule has 1 fully saturated rings. The predicted molar refractivity (Wildman–Crippen MR) is 77.3 cm³/mol. The summed E-state index contributed by atoms with van der Waals surface area (Å²) in [6, 6.07) is 8.78. The zero-order chi connectivity index (χ0) is 13.3. The first-order valence-corrected chi connectivity index (χ1v) is 7.36. The molecule has 19 heavy (non-hydrogen) atoms. The summed E-state index contributed by atoms with van der Waals surface area (Å²) in [5.74, 6) is 0. The van der Waals surface area contributed by atoms with E-state index in [4.69, 9.17) is 9.47 Å². The maximum Gasteiger partial charge on any atom is 0.0720 e. The van der Waals surface area contributed by atoms with Gasteiger partial charge in [-0.2, -0.15) is 0 Å². The van der Waals surface area contributed by atoms with Crippen molar-refractivity contribution in [1.82, 2.24) is 5.32 Å². The summed E-state index contributed by atoms with van der Waals surface area (Å²) in [5.41, 5.74) is 2.65. The molecule has 1 aromatic carbocycles. The van der Waals surface area contributed by atoms with E-state index in [1.807, 2.05) is 0 Å². The molecule has 3 heteroatoms. The van der Waals surface area contributed by atoms with Crippen molar-refractivity contribution in [2.75, 3.05) is 26.3 Å². The minimum atomic E-state index is 0.377. The van der Waals surface area contributed by atoms with E-state index in [9.17, 15) is 0 Å².